The van der Waals surface area contributed by atoms with Crippen LogP contribution in [-0.4, -0.2) is 63.9 Å². The molecule has 1 spiro atoms. The van der Waals surface area contributed by atoms with Crippen LogP contribution in [0.25, 0.3) is 0 Å². The highest BCUT2D eigenvalue weighted by molar-refractivity contribution is 6.09. The fourth-order valence-corrected chi connectivity index (χ4v) is 4.76. The molecule has 8 nitrogen and oxygen atoms in total. The number of carboxylic acid groups (broad SMARTS) is 1. The van der Waals surface area contributed by atoms with E-state index in [-0.39, 0.29) is 30.3 Å². The highest BCUT2D eigenvalue weighted by Crippen LogP contribution is 2.45. The van der Waals surface area contributed by atoms with Crippen LogP contribution in [-0.2, 0) is 14.4 Å². The number of urea groups is 1. The van der Waals surface area contributed by atoms with Gasteiger partial charge in [0.2, 0.25) is 5.91 Å². The first-order chi connectivity index (χ1) is 13.1. The van der Waals surface area contributed by atoms with E-state index in [9.17, 15) is 19.2 Å². The topological polar surface area (TPSA) is 107 Å². The van der Waals surface area contributed by atoms with Crippen molar-refractivity contribution in [1.29, 1.82) is 0 Å². The lowest BCUT2D eigenvalue weighted by Gasteiger charge is -2.42. The summed E-state index contributed by atoms with van der Waals surface area (Å²) in [5, 5.41) is 11.9. The Hall–Kier alpha value is -2.12. The van der Waals surface area contributed by atoms with Gasteiger partial charge in [-0.25, -0.2) is 4.79 Å². The van der Waals surface area contributed by atoms with E-state index < -0.39 is 23.5 Å². The van der Waals surface area contributed by atoms with Crippen molar-refractivity contribution in [2.24, 2.45) is 17.3 Å². The van der Waals surface area contributed by atoms with E-state index >= 15 is 0 Å². The minimum Gasteiger partial charge on any atom is -0.481 e. The number of carbonyl (C=O) groups excluding carboxylic acids is 3. The summed E-state index contributed by atoms with van der Waals surface area (Å²) in [5.41, 5.74) is -0.675. The molecule has 1 unspecified atom stereocenters. The summed E-state index contributed by atoms with van der Waals surface area (Å²) < 4.78 is 0. The minimum absolute atomic E-state index is 0.136. The molecule has 4 amide bonds. The van der Waals surface area contributed by atoms with Gasteiger partial charge in [0.15, 0.2) is 0 Å². The van der Waals surface area contributed by atoms with Gasteiger partial charge in [-0.3, -0.25) is 19.3 Å². The van der Waals surface area contributed by atoms with Gasteiger partial charge in [0.05, 0.1) is 5.92 Å². The number of aliphatic carboxylic acids is 1. The smallest absolute Gasteiger partial charge is 0.325 e. The van der Waals surface area contributed by atoms with Crippen molar-refractivity contribution in [3.63, 3.8) is 0 Å². The van der Waals surface area contributed by atoms with Crippen LogP contribution in [0.5, 0.6) is 0 Å². The number of hydrogen-bond acceptors (Lipinski definition) is 4. The fourth-order valence-electron chi connectivity index (χ4n) is 4.76. The second-order valence-electron chi connectivity index (χ2n) is 9.18. The summed E-state index contributed by atoms with van der Waals surface area (Å²) in [7, 11) is 0. The third kappa shape index (κ3) is 3.61. The van der Waals surface area contributed by atoms with E-state index in [1.165, 1.54) is 4.90 Å². The number of hydrogen-bond donors (Lipinski definition) is 2. The Labute approximate surface area is 165 Å². The highest BCUT2D eigenvalue weighted by Gasteiger charge is 2.54. The minimum atomic E-state index is -0.920. The zero-order chi connectivity index (χ0) is 20.7. The lowest BCUT2D eigenvalue weighted by molar-refractivity contribution is -0.142. The molecule has 0 aromatic rings. The van der Waals surface area contributed by atoms with Crippen molar-refractivity contribution in [1.82, 2.24) is 15.1 Å². The Morgan fingerprint density at radius 1 is 1.21 bits per heavy atom. The molecular weight excluding hydrogens is 362 g/mol. The Balaban J connectivity index is 1.62. The SMILES string of the molecule is CCC(C)(C)C1CCC2(CC1)NC(=O)N(CC(=O)N1CCC(C(=O)O)C1)C2=O. The van der Waals surface area contributed by atoms with Crippen LogP contribution in [0.3, 0.4) is 0 Å². The van der Waals surface area contributed by atoms with Gasteiger partial charge in [-0.2, -0.15) is 0 Å². The summed E-state index contributed by atoms with van der Waals surface area (Å²) in [6.07, 6.45) is 4.42. The monoisotopic (exact) mass is 393 g/mol. The van der Waals surface area contributed by atoms with Gasteiger partial charge in [-0.1, -0.05) is 27.2 Å². The molecule has 2 N–H and O–H groups in total. The Morgan fingerprint density at radius 2 is 1.86 bits per heavy atom. The summed E-state index contributed by atoms with van der Waals surface area (Å²) in [5.74, 6) is -1.66. The van der Waals surface area contributed by atoms with Crippen molar-refractivity contribution in [2.45, 2.75) is 64.8 Å². The number of amides is 4. The Morgan fingerprint density at radius 3 is 2.39 bits per heavy atom. The molecule has 3 fully saturated rings. The lowest BCUT2D eigenvalue weighted by atomic mass is 9.65. The molecule has 0 aromatic heterocycles. The van der Waals surface area contributed by atoms with E-state index in [4.69, 9.17) is 5.11 Å². The maximum Gasteiger partial charge on any atom is 0.325 e. The largest absolute Gasteiger partial charge is 0.481 e. The third-order valence-electron chi connectivity index (χ3n) is 7.29. The average molecular weight is 393 g/mol. The normalized spacial score (nSPS) is 30.8. The van der Waals surface area contributed by atoms with Crippen LogP contribution < -0.4 is 5.32 Å². The van der Waals surface area contributed by atoms with E-state index in [0.717, 1.165) is 24.2 Å². The van der Waals surface area contributed by atoms with E-state index in [1.54, 1.807) is 0 Å². The molecule has 28 heavy (non-hydrogen) atoms. The molecule has 3 aliphatic rings. The average Bonchev–Trinajstić information content (AvgIpc) is 3.23. The molecule has 8 heteroatoms. The predicted octanol–water partition coefficient (Wildman–Crippen LogP) is 1.84. The van der Waals surface area contributed by atoms with Gasteiger partial charge in [-0.05, 0) is 43.4 Å². The molecule has 2 heterocycles. The van der Waals surface area contributed by atoms with Crippen molar-refractivity contribution >= 4 is 23.8 Å². The highest BCUT2D eigenvalue weighted by atomic mass is 16.4. The number of carbonyl (C=O) groups is 4. The Bertz CT molecular complexity index is 681. The number of nitrogens with zero attached hydrogens (tertiary/aromatic N) is 2. The van der Waals surface area contributed by atoms with Gasteiger partial charge in [0.25, 0.3) is 5.91 Å². The quantitative estimate of drug-likeness (QED) is 0.693. The summed E-state index contributed by atoms with van der Waals surface area (Å²) >= 11 is 0. The second kappa shape index (κ2) is 7.37. The molecule has 1 atom stereocenters. The van der Waals surface area contributed by atoms with Crippen molar-refractivity contribution in [2.75, 3.05) is 19.6 Å². The molecule has 3 rings (SSSR count). The molecule has 1 aliphatic carbocycles. The number of likely N-dealkylation sites (tertiary alicyclic amines) is 1. The van der Waals surface area contributed by atoms with Crippen LogP contribution >= 0.6 is 0 Å². The predicted molar refractivity (Wildman–Crippen MR) is 101 cm³/mol. The van der Waals surface area contributed by atoms with Crippen LogP contribution in [0.4, 0.5) is 4.79 Å². The van der Waals surface area contributed by atoms with Gasteiger partial charge < -0.3 is 15.3 Å². The van der Waals surface area contributed by atoms with Crippen molar-refractivity contribution < 1.29 is 24.3 Å². The number of rotatable bonds is 5. The maximum atomic E-state index is 13.0. The summed E-state index contributed by atoms with van der Waals surface area (Å²) in [6, 6.07) is -0.513. The fraction of sp³-hybridized carbons (Fsp3) is 0.800. The van der Waals surface area contributed by atoms with Crippen molar-refractivity contribution in [3.8, 4) is 0 Å². The Kier molecular flexibility index (Phi) is 5.42. The van der Waals surface area contributed by atoms with Crippen LogP contribution in [0, 0.1) is 17.3 Å². The summed E-state index contributed by atoms with van der Waals surface area (Å²) in [6.45, 7) is 6.83. The van der Waals surface area contributed by atoms with Crippen LogP contribution in [0.1, 0.15) is 59.3 Å². The van der Waals surface area contributed by atoms with E-state index in [2.05, 4.69) is 26.1 Å². The van der Waals surface area contributed by atoms with E-state index in [1.807, 2.05) is 0 Å². The molecule has 0 aromatic carbocycles. The summed E-state index contributed by atoms with van der Waals surface area (Å²) in [4.78, 5) is 51.5. The first-order valence-electron chi connectivity index (χ1n) is 10.2. The standard InChI is InChI=1S/C20H31N3O5/c1-4-19(2,3)14-5-8-20(9-6-14)17(27)23(18(28)21-20)12-15(24)22-10-7-13(11-22)16(25)26/h13-14H,4-12H2,1-3H3,(H,21,28)(H,25,26). The number of imide groups is 1. The van der Waals surface area contributed by atoms with E-state index in [0.29, 0.717) is 31.7 Å². The molecule has 1 saturated carbocycles. The van der Waals surface area contributed by atoms with Gasteiger partial charge in [0, 0.05) is 13.1 Å². The van der Waals surface area contributed by atoms with Gasteiger partial charge in [-0.15, -0.1) is 0 Å². The zero-order valence-electron chi connectivity index (χ0n) is 17.0. The molecule has 0 radical (unpaired) electrons. The molecular formula is C20H31N3O5. The number of carboxylic acids is 1. The zero-order valence-corrected chi connectivity index (χ0v) is 17.0. The molecule has 156 valence electrons. The van der Waals surface area contributed by atoms with Crippen molar-refractivity contribution in [3.05, 3.63) is 0 Å². The van der Waals surface area contributed by atoms with Crippen LogP contribution in [0.15, 0.2) is 0 Å². The number of nitrogens with one attached hydrogen (secondary N) is 1. The van der Waals surface area contributed by atoms with Gasteiger partial charge in [0.1, 0.15) is 12.1 Å². The maximum absolute atomic E-state index is 13.0. The molecule has 2 saturated heterocycles. The first-order valence-corrected chi connectivity index (χ1v) is 10.2. The first kappa shape index (κ1) is 20.6. The van der Waals surface area contributed by atoms with Gasteiger partial charge >= 0.3 is 12.0 Å². The molecule has 2 aliphatic heterocycles. The lowest BCUT2D eigenvalue weighted by Crippen LogP contribution is -2.51. The molecule has 0 bridgehead atoms. The third-order valence-corrected chi connectivity index (χ3v) is 7.29. The van der Waals surface area contributed by atoms with Crippen LogP contribution in [0.2, 0.25) is 0 Å². The second-order valence-corrected chi connectivity index (χ2v) is 9.18.